The molecule has 4 aliphatic rings. The highest BCUT2D eigenvalue weighted by Gasteiger charge is 2.76. The van der Waals surface area contributed by atoms with Crippen LogP contribution in [0.15, 0.2) is 24.3 Å². The number of benzene rings is 1. The maximum absolute atomic E-state index is 5.95. The zero-order valence-corrected chi connectivity index (χ0v) is 13.9. The maximum atomic E-state index is 5.95. The Labute approximate surface area is 143 Å². The predicted molar refractivity (Wildman–Crippen MR) is 88.8 cm³/mol. The van der Waals surface area contributed by atoms with Gasteiger partial charge in [-0.15, -0.1) is 4.37 Å². The molecule has 4 atom stereocenters. The van der Waals surface area contributed by atoms with Gasteiger partial charge in [-0.1, -0.05) is 29.5 Å². The first-order valence-corrected chi connectivity index (χ1v) is 8.81. The smallest absolute Gasteiger partial charge is 0.250 e. The first-order chi connectivity index (χ1) is 11.3. The first kappa shape index (κ1) is 13.8. The van der Waals surface area contributed by atoms with Gasteiger partial charge in [0.2, 0.25) is 0 Å². The molecule has 1 aliphatic carbocycles. The van der Waals surface area contributed by atoms with Crippen LogP contribution in [-0.4, -0.2) is 39.9 Å². The highest BCUT2D eigenvalue weighted by Crippen LogP contribution is 2.70. The Hall–Kier alpha value is -1.61. The average Bonchev–Trinajstić information content (AvgIpc) is 3.14. The van der Waals surface area contributed by atoms with Gasteiger partial charge in [-0.25, -0.2) is 0 Å². The van der Waals surface area contributed by atoms with Gasteiger partial charge in [0, 0.05) is 35.6 Å². The zero-order chi connectivity index (χ0) is 15.4. The molecule has 6 heteroatoms. The Morgan fingerprint density at radius 1 is 1.35 bits per heavy atom. The molecule has 4 heterocycles. The first-order valence-electron chi connectivity index (χ1n) is 7.70. The van der Waals surface area contributed by atoms with Gasteiger partial charge in [0.05, 0.1) is 11.7 Å². The predicted octanol–water partition coefficient (Wildman–Crippen LogP) is 2.44. The third-order valence-electron chi connectivity index (χ3n) is 5.33. The van der Waals surface area contributed by atoms with E-state index in [9.17, 15) is 0 Å². The van der Waals surface area contributed by atoms with Gasteiger partial charge >= 0.3 is 0 Å². The lowest BCUT2D eigenvalue weighted by Crippen LogP contribution is -2.17. The quantitative estimate of drug-likeness (QED) is 0.802. The lowest BCUT2D eigenvalue weighted by atomic mass is 10.0. The standard InChI is InChI=1S/C17H14ClN3OS/c18-12-5-1-3-11(7-12)4-2-6-22-16-15(19-23-20-16)17-10-21-8-13(17)14(17)9-21/h1,3,5,7,13-14H,6,8-10H2/t13-,14+,17?. The van der Waals surface area contributed by atoms with Gasteiger partial charge in [0.15, 0.2) is 6.61 Å². The number of ether oxygens (including phenoxy) is 1. The number of halogens is 1. The molecule has 6 rings (SSSR count). The summed E-state index contributed by atoms with van der Waals surface area (Å²) in [6.45, 7) is 3.88. The minimum absolute atomic E-state index is 0.239. The van der Waals surface area contributed by atoms with E-state index in [1.165, 1.54) is 24.8 Å². The van der Waals surface area contributed by atoms with E-state index in [0.717, 1.165) is 29.6 Å². The Bertz CT molecular complexity index is 828. The zero-order valence-electron chi connectivity index (χ0n) is 12.3. The molecule has 2 unspecified atom stereocenters. The summed E-state index contributed by atoms with van der Waals surface area (Å²) in [5.74, 6) is 8.32. The lowest BCUT2D eigenvalue weighted by molar-refractivity contribution is 0.348. The van der Waals surface area contributed by atoms with Gasteiger partial charge in [0.1, 0.15) is 5.69 Å². The van der Waals surface area contributed by atoms with Gasteiger partial charge < -0.3 is 9.64 Å². The van der Waals surface area contributed by atoms with E-state index in [0.29, 0.717) is 17.5 Å². The van der Waals surface area contributed by atoms with Crippen LogP contribution >= 0.6 is 23.3 Å². The van der Waals surface area contributed by atoms with Crippen molar-refractivity contribution in [1.29, 1.82) is 0 Å². The summed E-state index contributed by atoms with van der Waals surface area (Å²) in [6.07, 6.45) is 0. The van der Waals surface area contributed by atoms with Crippen molar-refractivity contribution in [3.63, 3.8) is 0 Å². The van der Waals surface area contributed by atoms with Crippen LogP contribution in [0.1, 0.15) is 11.3 Å². The van der Waals surface area contributed by atoms with Gasteiger partial charge in [-0.2, -0.15) is 4.37 Å². The fraction of sp³-hybridized carbons (Fsp3) is 0.412. The van der Waals surface area contributed by atoms with E-state index < -0.39 is 0 Å². The SMILES string of the molecule is Clc1cccc(C#CCOc2nsnc2C23CN4C[C@@H]2[C@@H]3C4)c1. The van der Waals surface area contributed by atoms with Gasteiger partial charge in [0.25, 0.3) is 5.88 Å². The van der Waals surface area contributed by atoms with Crippen molar-refractivity contribution in [2.45, 2.75) is 5.41 Å². The van der Waals surface area contributed by atoms with Crippen molar-refractivity contribution in [2.75, 3.05) is 26.2 Å². The molecule has 0 N–H and O–H groups in total. The second-order valence-corrected chi connectivity index (χ2v) is 7.43. The molecule has 3 aliphatic heterocycles. The van der Waals surface area contributed by atoms with Gasteiger partial charge in [-0.3, -0.25) is 0 Å². The minimum atomic E-state index is 0.239. The Morgan fingerprint density at radius 3 is 2.96 bits per heavy atom. The van der Waals surface area contributed by atoms with Crippen LogP contribution in [-0.2, 0) is 5.41 Å². The average molecular weight is 344 g/mol. The molecule has 4 bridgehead atoms. The van der Waals surface area contributed by atoms with Crippen LogP contribution in [0.25, 0.3) is 0 Å². The van der Waals surface area contributed by atoms with Crippen molar-refractivity contribution >= 4 is 23.3 Å². The fourth-order valence-corrected chi connectivity index (χ4v) is 5.12. The van der Waals surface area contributed by atoms with Crippen LogP contribution in [0, 0.1) is 23.7 Å². The van der Waals surface area contributed by atoms with E-state index in [1.807, 2.05) is 24.3 Å². The summed E-state index contributed by atoms with van der Waals surface area (Å²) in [5.41, 5.74) is 2.20. The second kappa shape index (κ2) is 4.94. The largest absolute Gasteiger partial charge is 0.463 e. The second-order valence-electron chi connectivity index (χ2n) is 6.47. The van der Waals surface area contributed by atoms with Crippen molar-refractivity contribution in [2.24, 2.45) is 11.8 Å². The van der Waals surface area contributed by atoms with Crippen LogP contribution < -0.4 is 4.74 Å². The summed E-state index contributed by atoms with van der Waals surface area (Å²) in [6, 6.07) is 7.51. The topological polar surface area (TPSA) is 38.3 Å². The number of piperidine rings is 3. The fourth-order valence-electron chi connectivity index (χ4n) is 4.34. The summed E-state index contributed by atoms with van der Waals surface area (Å²) in [5, 5.41) is 0.692. The highest BCUT2D eigenvalue weighted by atomic mass is 35.5. The summed E-state index contributed by atoms with van der Waals surface area (Å²) in [7, 11) is 0. The van der Waals surface area contributed by atoms with Crippen molar-refractivity contribution in [3.8, 4) is 17.7 Å². The van der Waals surface area contributed by atoms with Crippen LogP contribution in [0.4, 0.5) is 0 Å². The Kier molecular flexibility index (Phi) is 2.96. The van der Waals surface area contributed by atoms with Crippen LogP contribution in [0.3, 0.4) is 0 Å². The number of aromatic nitrogens is 2. The molecule has 23 heavy (non-hydrogen) atoms. The van der Waals surface area contributed by atoms with E-state index in [1.54, 1.807) is 0 Å². The molecule has 1 saturated carbocycles. The summed E-state index contributed by atoms with van der Waals surface area (Å²) < 4.78 is 14.7. The van der Waals surface area contributed by atoms with Gasteiger partial charge in [-0.05, 0) is 30.0 Å². The van der Waals surface area contributed by atoms with Crippen LogP contribution in [0.5, 0.6) is 5.88 Å². The third-order valence-corrected chi connectivity index (χ3v) is 6.08. The molecule has 116 valence electrons. The molecule has 1 aromatic carbocycles. The maximum Gasteiger partial charge on any atom is 0.250 e. The molecule has 0 radical (unpaired) electrons. The molecule has 2 aromatic rings. The molecule has 0 amide bonds. The number of rotatable bonds is 3. The minimum Gasteiger partial charge on any atom is -0.463 e. The van der Waals surface area contributed by atoms with E-state index >= 15 is 0 Å². The molecule has 4 fully saturated rings. The Balaban J connectivity index is 1.29. The lowest BCUT2D eigenvalue weighted by Gasteiger charge is -2.09. The molecule has 1 aromatic heterocycles. The van der Waals surface area contributed by atoms with Crippen molar-refractivity contribution in [1.82, 2.24) is 13.6 Å². The molecular formula is C17H14ClN3OS. The normalized spacial score (nSPS) is 32.5. The molecular weight excluding hydrogens is 330 g/mol. The highest BCUT2D eigenvalue weighted by molar-refractivity contribution is 6.99. The Morgan fingerprint density at radius 2 is 2.22 bits per heavy atom. The number of hydrogen-bond donors (Lipinski definition) is 0. The summed E-state index contributed by atoms with van der Waals surface area (Å²) >= 11 is 7.20. The third kappa shape index (κ3) is 2.02. The monoisotopic (exact) mass is 343 g/mol. The molecule has 3 saturated heterocycles. The summed E-state index contributed by atoms with van der Waals surface area (Å²) in [4.78, 5) is 2.53. The van der Waals surface area contributed by atoms with Crippen molar-refractivity contribution in [3.05, 3.63) is 40.5 Å². The van der Waals surface area contributed by atoms with Crippen LogP contribution in [0.2, 0.25) is 5.02 Å². The molecule has 4 nitrogen and oxygen atoms in total. The van der Waals surface area contributed by atoms with E-state index in [2.05, 4.69) is 25.5 Å². The molecule has 0 spiro atoms. The number of nitrogens with zero attached hydrogens (tertiary/aromatic N) is 3. The van der Waals surface area contributed by atoms with E-state index in [4.69, 9.17) is 16.3 Å². The number of hydrogen-bond acceptors (Lipinski definition) is 5. The van der Waals surface area contributed by atoms with Crippen molar-refractivity contribution < 1.29 is 4.74 Å². The van der Waals surface area contributed by atoms with E-state index in [-0.39, 0.29) is 5.41 Å².